The summed E-state index contributed by atoms with van der Waals surface area (Å²) in [6, 6.07) is 23.4. The fourth-order valence-corrected chi connectivity index (χ4v) is 4.73. The van der Waals surface area contributed by atoms with Crippen LogP contribution in [0.25, 0.3) is 22.0 Å². The fraction of sp³-hybridized carbons (Fsp3) is 0.0645. The Balaban J connectivity index is 1.41. The molecule has 0 unspecified atom stereocenters. The minimum absolute atomic E-state index is 0.0268. The second-order valence-corrected chi connectivity index (χ2v) is 9.89. The molecule has 2 N–H and O–H groups in total. The van der Waals surface area contributed by atoms with Crippen molar-refractivity contribution < 1.29 is 32.2 Å². The zero-order valence-electron chi connectivity index (χ0n) is 21.8. The summed E-state index contributed by atoms with van der Waals surface area (Å²) < 4.78 is 50.8. The van der Waals surface area contributed by atoms with Crippen molar-refractivity contribution in [2.24, 2.45) is 5.10 Å². The zero-order chi connectivity index (χ0) is 29.9. The van der Waals surface area contributed by atoms with Crippen molar-refractivity contribution in [3.8, 4) is 22.6 Å². The first kappa shape index (κ1) is 28.6. The van der Waals surface area contributed by atoms with Gasteiger partial charge >= 0.3 is 12.1 Å². The molecule has 5 aromatic rings. The number of carbonyl (C=O) groups excluding carboxylic acids is 2. The molecule has 1 aromatic heterocycles. The SMILES string of the molecule is COc1cccc2c(-c3ccccc3)c(C(=O)NN=Cc3cc(Br)ccc3OC(=O)c3cccc(C(F)(F)F)c3)[nH]c12. The van der Waals surface area contributed by atoms with Gasteiger partial charge in [0.1, 0.15) is 17.2 Å². The number of carbonyl (C=O) groups is 2. The topological polar surface area (TPSA) is 92.8 Å². The number of esters is 1. The van der Waals surface area contributed by atoms with E-state index in [9.17, 15) is 22.8 Å². The molecule has 5 rings (SSSR count). The lowest BCUT2D eigenvalue weighted by atomic mass is 10.0. The summed E-state index contributed by atoms with van der Waals surface area (Å²) in [4.78, 5) is 29.2. The average molecular weight is 636 g/mol. The van der Waals surface area contributed by atoms with Crippen molar-refractivity contribution in [3.05, 3.63) is 118 Å². The van der Waals surface area contributed by atoms with Gasteiger partial charge in [-0.3, -0.25) is 4.79 Å². The number of nitrogens with one attached hydrogen (secondary N) is 2. The molecule has 0 saturated carbocycles. The Morgan fingerprint density at radius 2 is 1.69 bits per heavy atom. The van der Waals surface area contributed by atoms with E-state index in [0.29, 0.717) is 21.3 Å². The molecular formula is C31H21BrF3N3O4. The monoisotopic (exact) mass is 635 g/mol. The van der Waals surface area contributed by atoms with Gasteiger partial charge in [-0.1, -0.05) is 64.5 Å². The lowest BCUT2D eigenvalue weighted by Gasteiger charge is -2.10. The molecule has 212 valence electrons. The number of rotatable bonds is 7. The van der Waals surface area contributed by atoms with Crippen LogP contribution in [0.3, 0.4) is 0 Å². The summed E-state index contributed by atoms with van der Waals surface area (Å²) >= 11 is 3.33. The molecule has 0 radical (unpaired) electrons. The van der Waals surface area contributed by atoms with Crippen molar-refractivity contribution in [1.29, 1.82) is 0 Å². The molecular weight excluding hydrogens is 615 g/mol. The maximum absolute atomic E-state index is 13.3. The summed E-state index contributed by atoms with van der Waals surface area (Å²) in [5.41, 5.74) is 3.90. The number of para-hydroxylation sites is 1. The van der Waals surface area contributed by atoms with Crippen LogP contribution in [0.5, 0.6) is 11.5 Å². The fourth-order valence-electron chi connectivity index (χ4n) is 4.35. The van der Waals surface area contributed by atoms with Gasteiger partial charge in [-0.15, -0.1) is 0 Å². The van der Waals surface area contributed by atoms with Gasteiger partial charge in [-0.05, 0) is 48.0 Å². The van der Waals surface area contributed by atoms with Gasteiger partial charge in [0.05, 0.1) is 30.0 Å². The second-order valence-electron chi connectivity index (χ2n) is 8.97. The number of methoxy groups -OCH3 is 1. The van der Waals surface area contributed by atoms with E-state index in [-0.39, 0.29) is 22.6 Å². The highest BCUT2D eigenvalue weighted by Crippen LogP contribution is 2.36. The number of nitrogens with zero attached hydrogens (tertiary/aromatic N) is 1. The van der Waals surface area contributed by atoms with Crippen molar-refractivity contribution in [3.63, 3.8) is 0 Å². The van der Waals surface area contributed by atoms with Crippen molar-refractivity contribution >= 4 is 44.9 Å². The highest BCUT2D eigenvalue weighted by Gasteiger charge is 2.31. The van der Waals surface area contributed by atoms with Crippen LogP contribution in [-0.4, -0.2) is 30.2 Å². The highest BCUT2D eigenvalue weighted by atomic mass is 79.9. The number of benzene rings is 4. The Labute approximate surface area is 246 Å². The van der Waals surface area contributed by atoms with Crippen LogP contribution < -0.4 is 14.9 Å². The number of aromatic amines is 1. The molecule has 4 aromatic carbocycles. The van der Waals surface area contributed by atoms with Crippen LogP contribution in [0.1, 0.15) is 32.0 Å². The first-order chi connectivity index (χ1) is 20.2. The molecule has 11 heteroatoms. The Morgan fingerprint density at radius 3 is 2.43 bits per heavy atom. The number of H-pyrrole nitrogens is 1. The molecule has 1 heterocycles. The van der Waals surface area contributed by atoms with Gasteiger partial charge in [0.15, 0.2) is 0 Å². The van der Waals surface area contributed by atoms with Gasteiger partial charge in [0, 0.05) is 21.0 Å². The van der Waals surface area contributed by atoms with Crippen molar-refractivity contribution in [2.45, 2.75) is 6.18 Å². The van der Waals surface area contributed by atoms with Crippen LogP contribution >= 0.6 is 15.9 Å². The number of alkyl halides is 3. The van der Waals surface area contributed by atoms with Gasteiger partial charge in [-0.25, -0.2) is 10.2 Å². The first-order valence-electron chi connectivity index (χ1n) is 12.4. The van der Waals surface area contributed by atoms with Gasteiger partial charge < -0.3 is 14.5 Å². The quantitative estimate of drug-likeness (QED) is 0.0833. The number of hydrogen-bond donors (Lipinski definition) is 2. The number of halogens is 4. The molecule has 0 aliphatic carbocycles. The van der Waals surface area contributed by atoms with E-state index >= 15 is 0 Å². The molecule has 0 saturated heterocycles. The number of hydrazone groups is 1. The van der Waals surface area contributed by atoms with E-state index in [1.807, 2.05) is 42.5 Å². The van der Waals surface area contributed by atoms with E-state index in [4.69, 9.17) is 9.47 Å². The summed E-state index contributed by atoms with van der Waals surface area (Å²) in [5, 5.41) is 4.84. The second kappa shape index (κ2) is 11.9. The van der Waals surface area contributed by atoms with Crippen LogP contribution in [-0.2, 0) is 6.18 Å². The maximum atomic E-state index is 13.3. The molecule has 0 aliphatic heterocycles. The first-order valence-corrected chi connectivity index (χ1v) is 13.2. The Bertz CT molecular complexity index is 1820. The smallest absolute Gasteiger partial charge is 0.416 e. The standard InChI is InChI=1S/C31H21BrF3N3O4/c1-41-25-12-6-11-23-26(18-7-3-2-4-8-18)28(37-27(23)25)29(39)38-36-17-20-16-22(32)13-14-24(20)42-30(40)19-9-5-10-21(15-19)31(33,34)35/h2-17,37H,1H3,(H,38,39). The predicted octanol–water partition coefficient (Wildman–Crippen LogP) is 7.61. The molecule has 7 nitrogen and oxygen atoms in total. The van der Waals surface area contributed by atoms with Gasteiger partial charge in [-0.2, -0.15) is 18.3 Å². The molecule has 0 aliphatic rings. The minimum Gasteiger partial charge on any atom is -0.495 e. The summed E-state index contributed by atoms with van der Waals surface area (Å²) in [6.07, 6.45) is -3.34. The molecule has 42 heavy (non-hydrogen) atoms. The number of ether oxygens (including phenoxy) is 2. The zero-order valence-corrected chi connectivity index (χ0v) is 23.4. The normalized spacial score (nSPS) is 11.5. The van der Waals surface area contributed by atoms with Gasteiger partial charge in [0.2, 0.25) is 0 Å². The Morgan fingerprint density at radius 1 is 0.929 bits per heavy atom. The maximum Gasteiger partial charge on any atom is 0.416 e. The third kappa shape index (κ3) is 6.06. The van der Waals surface area contributed by atoms with E-state index in [1.54, 1.807) is 18.2 Å². The van der Waals surface area contributed by atoms with Crippen LogP contribution in [0, 0.1) is 0 Å². The largest absolute Gasteiger partial charge is 0.495 e. The van der Waals surface area contributed by atoms with Crippen LogP contribution in [0.15, 0.2) is 101 Å². The lowest BCUT2D eigenvalue weighted by molar-refractivity contribution is -0.137. The van der Waals surface area contributed by atoms with Crippen LogP contribution in [0.2, 0.25) is 0 Å². The lowest BCUT2D eigenvalue weighted by Crippen LogP contribution is -2.19. The van der Waals surface area contributed by atoms with E-state index in [2.05, 4.69) is 31.4 Å². The Kier molecular flexibility index (Phi) is 8.12. The minimum atomic E-state index is -4.61. The highest BCUT2D eigenvalue weighted by molar-refractivity contribution is 9.10. The van der Waals surface area contributed by atoms with Crippen molar-refractivity contribution in [2.75, 3.05) is 7.11 Å². The molecule has 0 spiro atoms. The molecule has 0 bridgehead atoms. The molecule has 1 amide bonds. The number of hydrogen-bond acceptors (Lipinski definition) is 5. The number of amides is 1. The molecule has 0 atom stereocenters. The molecule has 0 fully saturated rings. The number of fused-ring (bicyclic) bond motifs is 1. The van der Waals surface area contributed by atoms with Gasteiger partial charge in [0.25, 0.3) is 5.91 Å². The summed E-state index contributed by atoms with van der Waals surface area (Å²) in [6.45, 7) is 0. The predicted molar refractivity (Wildman–Crippen MR) is 156 cm³/mol. The van der Waals surface area contributed by atoms with E-state index in [1.165, 1.54) is 25.5 Å². The van der Waals surface area contributed by atoms with Crippen LogP contribution in [0.4, 0.5) is 13.2 Å². The summed E-state index contributed by atoms with van der Waals surface area (Å²) in [7, 11) is 1.54. The van der Waals surface area contributed by atoms with E-state index < -0.39 is 23.6 Å². The van der Waals surface area contributed by atoms with E-state index in [0.717, 1.165) is 29.1 Å². The number of aromatic nitrogens is 1. The third-order valence-corrected chi connectivity index (χ3v) is 6.77. The van der Waals surface area contributed by atoms with Crippen molar-refractivity contribution in [1.82, 2.24) is 10.4 Å². The Hall–Kier alpha value is -4.90. The average Bonchev–Trinajstić information content (AvgIpc) is 3.38. The summed E-state index contributed by atoms with van der Waals surface area (Å²) in [5.74, 6) is -0.935. The third-order valence-electron chi connectivity index (χ3n) is 6.27.